The van der Waals surface area contributed by atoms with Crippen LogP contribution in [0, 0.1) is 6.92 Å². The van der Waals surface area contributed by atoms with Crippen LogP contribution in [-0.2, 0) is 17.5 Å². The van der Waals surface area contributed by atoms with Gasteiger partial charge < -0.3 is 15.0 Å². The molecule has 31 heavy (non-hydrogen) atoms. The highest BCUT2D eigenvalue weighted by atomic mass is 19.4. The smallest absolute Gasteiger partial charge is 0.378 e. The molecule has 1 N–H and O–H groups in total. The van der Waals surface area contributed by atoms with Crippen molar-refractivity contribution in [3.8, 4) is 0 Å². The van der Waals surface area contributed by atoms with Gasteiger partial charge in [-0.15, -0.1) is 0 Å². The second kappa shape index (κ2) is 8.50. The lowest BCUT2D eigenvalue weighted by Gasteiger charge is -2.31. The number of hydrogen-bond donors (Lipinski definition) is 1. The third-order valence-corrected chi connectivity index (χ3v) is 5.20. The van der Waals surface area contributed by atoms with Gasteiger partial charge in [0.2, 0.25) is 0 Å². The zero-order chi connectivity index (χ0) is 22.0. The van der Waals surface area contributed by atoms with E-state index in [2.05, 4.69) is 15.3 Å². The highest BCUT2D eigenvalue weighted by Crippen LogP contribution is 2.37. The van der Waals surface area contributed by atoms with E-state index in [1.807, 2.05) is 0 Å². The molecule has 0 radical (unpaired) electrons. The maximum Gasteiger partial charge on any atom is 0.418 e. The van der Waals surface area contributed by atoms with Crippen LogP contribution in [-0.4, -0.2) is 42.2 Å². The molecular weight excluding hydrogens is 409 g/mol. The fraction of sp³-hybridized carbons (Fsp3) is 0.318. The summed E-state index contributed by atoms with van der Waals surface area (Å²) in [5.74, 6) is -0.401. The number of aryl methyl sites for hydroxylation is 1. The highest BCUT2D eigenvalue weighted by molar-refractivity contribution is 5.98. The van der Waals surface area contributed by atoms with Gasteiger partial charge in [-0.05, 0) is 42.8 Å². The molecule has 0 bridgehead atoms. The molecule has 1 aromatic carbocycles. The number of nitrogens with zero attached hydrogens (tertiary/aromatic N) is 3. The Hall–Kier alpha value is -3.20. The third kappa shape index (κ3) is 4.61. The lowest BCUT2D eigenvalue weighted by atomic mass is 10.1. The Balaban J connectivity index is 1.54. The van der Waals surface area contributed by atoms with Gasteiger partial charge in [0, 0.05) is 36.9 Å². The van der Waals surface area contributed by atoms with E-state index in [1.54, 1.807) is 42.3 Å². The van der Waals surface area contributed by atoms with E-state index in [9.17, 15) is 18.0 Å². The molecule has 0 atom stereocenters. The molecule has 6 nitrogen and oxygen atoms in total. The number of fused-ring (bicyclic) bond motifs is 1. The van der Waals surface area contributed by atoms with Crippen molar-refractivity contribution in [2.45, 2.75) is 19.6 Å². The number of halogens is 3. The number of pyridine rings is 2. The molecule has 0 saturated carbocycles. The predicted molar refractivity (Wildman–Crippen MR) is 110 cm³/mol. The van der Waals surface area contributed by atoms with Gasteiger partial charge in [-0.25, -0.2) is 9.97 Å². The van der Waals surface area contributed by atoms with E-state index in [0.29, 0.717) is 54.2 Å². The van der Waals surface area contributed by atoms with Crippen LogP contribution < -0.4 is 10.2 Å². The van der Waals surface area contributed by atoms with E-state index >= 15 is 0 Å². The molecule has 3 heterocycles. The van der Waals surface area contributed by atoms with Crippen LogP contribution in [0.1, 0.15) is 27.2 Å². The maximum atomic E-state index is 13.7. The second-order valence-corrected chi connectivity index (χ2v) is 7.30. The third-order valence-electron chi connectivity index (χ3n) is 5.20. The predicted octanol–water partition coefficient (Wildman–Crippen LogP) is 3.72. The zero-order valence-electron chi connectivity index (χ0n) is 16.9. The Kier molecular flexibility index (Phi) is 5.77. The molecule has 0 spiro atoms. The first-order valence-corrected chi connectivity index (χ1v) is 9.86. The molecule has 2 aromatic heterocycles. The molecule has 1 amide bonds. The van der Waals surface area contributed by atoms with Crippen molar-refractivity contribution in [2.75, 3.05) is 31.2 Å². The summed E-state index contributed by atoms with van der Waals surface area (Å²) in [6, 6.07) is 9.39. The van der Waals surface area contributed by atoms with Gasteiger partial charge in [0.25, 0.3) is 5.91 Å². The second-order valence-electron chi connectivity index (χ2n) is 7.30. The van der Waals surface area contributed by atoms with E-state index in [4.69, 9.17) is 4.74 Å². The van der Waals surface area contributed by atoms with Gasteiger partial charge in [0.15, 0.2) is 5.65 Å². The molecule has 4 rings (SSSR count). The molecule has 9 heteroatoms. The first kappa shape index (κ1) is 21.0. The minimum Gasteiger partial charge on any atom is -0.378 e. The summed E-state index contributed by atoms with van der Waals surface area (Å²) in [6.45, 7) is 3.26. The quantitative estimate of drug-likeness (QED) is 0.683. The average molecular weight is 430 g/mol. The SMILES string of the molecule is Cc1nc2ncccc2cc1C(=O)NCc1ccc(N2CCOCC2)c(C(F)(F)F)c1. The summed E-state index contributed by atoms with van der Waals surface area (Å²) >= 11 is 0. The van der Waals surface area contributed by atoms with Crippen LogP contribution in [0.3, 0.4) is 0 Å². The van der Waals surface area contributed by atoms with Crippen LogP contribution in [0.25, 0.3) is 11.0 Å². The summed E-state index contributed by atoms with van der Waals surface area (Å²) in [6.07, 6.45) is -2.88. The molecule has 1 aliphatic heterocycles. The van der Waals surface area contributed by atoms with Crippen LogP contribution in [0.15, 0.2) is 42.6 Å². The van der Waals surface area contributed by atoms with E-state index in [0.717, 1.165) is 6.07 Å². The molecule has 162 valence electrons. The summed E-state index contributed by atoms with van der Waals surface area (Å²) in [5.41, 5.74) is 1.18. The van der Waals surface area contributed by atoms with Crippen LogP contribution in [0.4, 0.5) is 18.9 Å². The van der Waals surface area contributed by atoms with Crippen LogP contribution in [0.5, 0.6) is 0 Å². The standard InChI is InChI=1S/C22H21F3N4O2/c1-14-17(12-16-3-2-6-26-20(16)28-14)21(30)27-13-15-4-5-19(18(11-15)22(23,24)25)29-7-9-31-10-8-29/h2-6,11-12H,7-10,13H2,1H3,(H,27,30). The summed E-state index contributed by atoms with van der Waals surface area (Å²) in [4.78, 5) is 22.8. The van der Waals surface area contributed by atoms with Gasteiger partial charge >= 0.3 is 6.18 Å². The largest absolute Gasteiger partial charge is 0.418 e. The number of ether oxygens (including phenoxy) is 1. The Morgan fingerprint density at radius 3 is 2.71 bits per heavy atom. The van der Waals surface area contributed by atoms with E-state index in [1.165, 1.54) is 6.07 Å². The van der Waals surface area contributed by atoms with Gasteiger partial charge in [0.1, 0.15) is 0 Å². The number of anilines is 1. The van der Waals surface area contributed by atoms with Crippen molar-refractivity contribution < 1.29 is 22.7 Å². The molecular formula is C22H21F3N4O2. The van der Waals surface area contributed by atoms with Gasteiger partial charge in [0.05, 0.1) is 30.0 Å². The Morgan fingerprint density at radius 1 is 1.19 bits per heavy atom. The summed E-state index contributed by atoms with van der Waals surface area (Å²) in [7, 11) is 0. The average Bonchev–Trinajstić information content (AvgIpc) is 2.77. The first-order chi connectivity index (χ1) is 14.8. The van der Waals surface area contributed by atoms with Crippen molar-refractivity contribution >= 4 is 22.6 Å². The van der Waals surface area contributed by atoms with Crippen LogP contribution >= 0.6 is 0 Å². The maximum absolute atomic E-state index is 13.7. The number of alkyl halides is 3. The lowest BCUT2D eigenvalue weighted by Crippen LogP contribution is -2.37. The van der Waals surface area contributed by atoms with Crippen molar-refractivity contribution in [1.82, 2.24) is 15.3 Å². The number of nitrogens with one attached hydrogen (secondary N) is 1. The van der Waals surface area contributed by atoms with Crippen molar-refractivity contribution in [3.63, 3.8) is 0 Å². The number of benzene rings is 1. The van der Waals surface area contributed by atoms with E-state index < -0.39 is 17.6 Å². The molecule has 1 fully saturated rings. The summed E-state index contributed by atoms with van der Waals surface area (Å²) in [5, 5.41) is 3.41. The number of carbonyl (C=O) groups is 1. The normalized spacial score (nSPS) is 14.6. The van der Waals surface area contributed by atoms with Gasteiger partial charge in [-0.1, -0.05) is 6.07 Å². The topological polar surface area (TPSA) is 67.4 Å². The molecule has 0 aliphatic carbocycles. The molecule has 1 saturated heterocycles. The van der Waals surface area contributed by atoms with Crippen LogP contribution in [0.2, 0.25) is 0 Å². The van der Waals surface area contributed by atoms with E-state index in [-0.39, 0.29) is 12.2 Å². The van der Waals surface area contributed by atoms with Gasteiger partial charge in [-0.2, -0.15) is 13.2 Å². The first-order valence-electron chi connectivity index (χ1n) is 9.86. The molecule has 0 unspecified atom stereocenters. The van der Waals surface area contributed by atoms with Crippen molar-refractivity contribution in [2.24, 2.45) is 0 Å². The van der Waals surface area contributed by atoms with Crippen molar-refractivity contribution in [3.05, 3.63) is 65.0 Å². The van der Waals surface area contributed by atoms with Crippen molar-refractivity contribution in [1.29, 1.82) is 0 Å². The van der Waals surface area contributed by atoms with Gasteiger partial charge in [-0.3, -0.25) is 4.79 Å². The fourth-order valence-corrected chi connectivity index (χ4v) is 3.60. The monoisotopic (exact) mass is 430 g/mol. The molecule has 1 aliphatic rings. The number of hydrogen-bond acceptors (Lipinski definition) is 5. The number of aromatic nitrogens is 2. The zero-order valence-corrected chi connectivity index (χ0v) is 16.9. The highest BCUT2D eigenvalue weighted by Gasteiger charge is 2.35. The lowest BCUT2D eigenvalue weighted by molar-refractivity contribution is -0.137. The number of rotatable bonds is 4. The minimum atomic E-state index is -4.50. The molecule has 3 aromatic rings. The minimum absolute atomic E-state index is 0.0319. The number of morpholine rings is 1. The summed E-state index contributed by atoms with van der Waals surface area (Å²) < 4.78 is 46.3. The Morgan fingerprint density at radius 2 is 1.97 bits per heavy atom. The number of carbonyl (C=O) groups excluding carboxylic acids is 1. The Bertz CT molecular complexity index is 1110. The fourth-order valence-electron chi connectivity index (χ4n) is 3.60. The Labute approximate surface area is 177 Å². The number of amides is 1.